The fourth-order valence-electron chi connectivity index (χ4n) is 3.43. The quantitative estimate of drug-likeness (QED) is 0.648. The van der Waals surface area contributed by atoms with Crippen molar-refractivity contribution in [3.8, 4) is 0 Å². The molecule has 0 bridgehead atoms. The van der Waals surface area contributed by atoms with E-state index in [9.17, 15) is 0 Å². The molecule has 0 saturated heterocycles. The highest BCUT2D eigenvalue weighted by atomic mass is 14.4. The molecule has 3 unspecified atom stereocenters. The Morgan fingerprint density at radius 1 is 1.06 bits per heavy atom. The van der Waals surface area contributed by atoms with Crippen LogP contribution in [0.15, 0.2) is 54.1 Å². The summed E-state index contributed by atoms with van der Waals surface area (Å²) in [6.07, 6.45) is 11.1. The summed E-state index contributed by atoms with van der Waals surface area (Å²) in [4.78, 5) is 0. The molecule has 17 heavy (non-hydrogen) atoms. The maximum absolute atomic E-state index is 2.47. The molecule has 3 rings (SSSR count). The van der Waals surface area contributed by atoms with Crippen LogP contribution in [0, 0.1) is 11.8 Å². The molecule has 0 aliphatic heterocycles. The maximum Gasteiger partial charge on any atom is -0.00900 e. The van der Waals surface area contributed by atoms with E-state index >= 15 is 0 Å². The van der Waals surface area contributed by atoms with Gasteiger partial charge in [-0.2, -0.15) is 0 Å². The molecule has 0 spiro atoms. The summed E-state index contributed by atoms with van der Waals surface area (Å²) in [7, 11) is 0. The maximum atomic E-state index is 2.47. The summed E-state index contributed by atoms with van der Waals surface area (Å²) in [5.74, 6) is 2.23. The van der Waals surface area contributed by atoms with Gasteiger partial charge < -0.3 is 0 Å². The van der Waals surface area contributed by atoms with Gasteiger partial charge >= 0.3 is 0 Å². The Kier molecular flexibility index (Phi) is 2.88. The minimum Gasteiger partial charge on any atom is -0.0842 e. The van der Waals surface area contributed by atoms with E-state index in [1.54, 1.807) is 5.57 Å². The van der Waals surface area contributed by atoms with Gasteiger partial charge in [-0.3, -0.25) is 0 Å². The van der Waals surface area contributed by atoms with E-state index in [1.807, 2.05) is 0 Å². The van der Waals surface area contributed by atoms with E-state index < -0.39 is 0 Å². The van der Waals surface area contributed by atoms with Crippen LogP contribution in [0.4, 0.5) is 0 Å². The van der Waals surface area contributed by atoms with Crippen molar-refractivity contribution in [1.29, 1.82) is 0 Å². The van der Waals surface area contributed by atoms with Gasteiger partial charge in [0.25, 0.3) is 0 Å². The van der Waals surface area contributed by atoms with Gasteiger partial charge in [-0.1, -0.05) is 55.5 Å². The zero-order chi connectivity index (χ0) is 11.7. The smallest absolute Gasteiger partial charge is 0.00900 e. The van der Waals surface area contributed by atoms with Gasteiger partial charge in [0, 0.05) is 0 Å². The number of fused-ring (bicyclic) bond motifs is 1. The normalized spacial score (nSPS) is 31.8. The highest BCUT2D eigenvalue weighted by molar-refractivity contribution is 5.34. The van der Waals surface area contributed by atoms with Crippen LogP contribution in [0.5, 0.6) is 0 Å². The Morgan fingerprint density at radius 2 is 1.88 bits per heavy atom. The molecule has 0 saturated carbocycles. The molecular weight excluding hydrogens is 204 g/mol. The Balaban J connectivity index is 1.93. The lowest BCUT2D eigenvalue weighted by Crippen LogP contribution is -2.11. The van der Waals surface area contributed by atoms with Gasteiger partial charge in [-0.25, -0.2) is 0 Å². The zero-order valence-corrected chi connectivity index (χ0v) is 10.5. The third kappa shape index (κ3) is 2.09. The van der Waals surface area contributed by atoms with Crippen molar-refractivity contribution in [3.05, 3.63) is 59.7 Å². The second-order valence-electron chi connectivity index (χ2n) is 5.48. The number of hydrogen-bond acceptors (Lipinski definition) is 0. The number of allylic oxidation sites excluding steroid dienone is 4. The lowest BCUT2D eigenvalue weighted by molar-refractivity contribution is 0.435. The molecule has 0 N–H and O–H groups in total. The SMILES string of the molecule is CC1C=C2C=CCCC(c3ccccc3)C2C1. The lowest BCUT2D eigenvalue weighted by Gasteiger charge is -2.24. The highest BCUT2D eigenvalue weighted by Crippen LogP contribution is 2.44. The van der Waals surface area contributed by atoms with Gasteiger partial charge in [0.2, 0.25) is 0 Å². The molecule has 0 radical (unpaired) electrons. The molecule has 0 heteroatoms. The van der Waals surface area contributed by atoms with E-state index in [2.05, 4.69) is 55.5 Å². The predicted molar refractivity (Wildman–Crippen MR) is 72.9 cm³/mol. The summed E-state index contributed by atoms with van der Waals surface area (Å²) < 4.78 is 0. The minimum atomic E-state index is 0.724. The monoisotopic (exact) mass is 224 g/mol. The molecule has 0 amide bonds. The first-order valence-electron chi connectivity index (χ1n) is 6.78. The summed E-state index contributed by atoms with van der Waals surface area (Å²) in [5, 5.41) is 0. The van der Waals surface area contributed by atoms with Crippen molar-refractivity contribution in [2.24, 2.45) is 11.8 Å². The van der Waals surface area contributed by atoms with Crippen LogP contribution in [-0.2, 0) is 0 Å². The van der Waals surface area contributed by atoms with Crippen molar-refractivity contribution >= 4 is 0 Å². The summed E-state index contributed by atoms with van der Waals surface area (Å²) in [6, 6.07) is 11.1. The Morgan fingerprint density at radius 3 is 2.71 bits per heavy atom. The predicted octanol–water partition coefficient (Wildman–Crippen LogP) is 4.70. The van der Waals surface area contributed by atoms with Crippen LogP contribution in [0.2, 0.25) is 0 Å². The van der Waals surface area contributed by atoms with Crippen molar-refractivity contribution in [3.63, 3.8) is 0 Å². The van der Waals surface area contributed by atoms with E-state index in [0.29, 0.717) is 0 Å². The average Bonchev–Trinajstić information content (AvgIpc) is 2.61. The van der Waals surface area contributed by atoms with Crippen LogP contribution in [0.3, 0.4) is 0 Å². The number of hydrogen-bond donors (Lipinski definition) is 0. The topological polar surface area (TPSA) is 0 Å². The standard InChI is InChI=1S/C17H20/c1-13-11-15-9-5-6-10-16(17(15)12-13)14-7-3-2-4-8-14/h2-5,7-9,11,13,16-17H,6,10,12H2,1H3. The molecule has 88 valence electrons. The lowest BCUT2D eigenvalue weighted by atomic mass is 9.80. The third-order valence-corrected chi connectivity index (χ3v) is 4.20. The molecule has 1 aromatic rings. The van der Waals surface area contributed by atoms with E-state index in [0.717, 1.165) is 17.8 Å². The summed E-state index contributed by atoms with van der Waals surface area (Å²) >= 11 is 0. The zero-order valence-electron chi connectivity index (χ0n) is 10.5. The van der Waals surface area contributed by atoms with Crippen molar-refractivity contribution in [2.45, 2.75) is 32.1 Å². The molecule has 0 nitrogen and oxygen atoms in total. The van der Waals surface area contributed by atoms with Gasteiger partial charge in [-0.05, 0) is 48.2 Å². The second-order valence-corrected chi connectivity index (χ2v) is 5.48. The van der Waals surface area contributed by atoms with Crippen molar-refractivity contribution in [1.82, 2.24) is 0 Å². The highest BCUT2D eigenvalue weighted by Gasteiger charge is 2.31. The third-order valence-electron chi connectivity index (χ3n) is 4.20. The Bertz CT molecular complexity index is 438. The molecule has 3 atom stereocenters. The van der Waals surface area contributed by atoms with Crippen LogP contribution in [0.1, 0.15) is 37.7 Å². The molecular formula is C17H20. The summed E-state index contributed by atoms with van der Waals surface area (Å²) in [5.41, 5.74) is 3.12. The average molecular weight is 224 g/mol. The largest absolute Gasteiger partial charge is 0.0842 e. The van der Waals surface area contributed by atoms with Crippen LogP contribution in [0.25, 0.3) is 0 Å². The second kappa shape index (κ2) is 4.52. The van der Waals surface area contributed by atoms with E-state index in [-0.39, 0.29) is 0 Å². The van der Waals surface area contributed by atoms with Crippen LogP contribution in [-0.4, -0.2) is 0 Å². The first kappa shape index (κ1) is 10.8. The van der Waals surface area contributed by atoms with E-state index in [4.69, 9.17) is 0 Å². The van der Waals surface area contributed by atoms with E-state index in [1.165, 1.54) is 24.8 Å². The minimum absolute atomic E-state index is 0.724. The van der Waals surface area contributed by atoms with Crippen molar-refractivity contribution < 1.29 is 0 Å². The number of benzene rings is 1. The van der Waals surface area contributed by atoms with Gasteiger partial charge in [-0.15, -0.1) is 0 Å². The fourth-order valence-corrected chi connectivity index (χ4v) is 3.43. The molecule has 2 aliphatic rings. The van der Waals surface area contributed by atoms with Gasteiger partial charge in [0.05, 0.1) is 0 Å². The van der Waals surface area contributed by atoms with Crippen LogP contribution >= 0.6 is 0 Å². The molecule has 0 heterocycles. The first-order chi connectivity index (χ1) is 8.34. The van der Waals surface area contributed by atoms with Crippen LogP contribution < -0.4 is 0 Å². The Hall–Kier alpha value is -1.30. The molecule has 1 aromatic carbocycles. The fraction of sp³-hybridized carbons (Fsp3) is 0.412. The molecule has 0 fully saturated rings. The molecule has 0 aromatic heterocycles. The summed E-state index contributed by atoms with van der Waals surface area (Å²) in [6.45, 7) is 2.34. The first-order valence-corrected chi connectivity index (χ1v) is 6.78. The number of rotatable bonds is 1. The van der Waals surface area contributed by atoms with Gasteiger partial charge in [0.1, 0.15) is 0 Å². The Labute approximate surface area is 104 Å². The molecule has 2 aliphatic carbocycles. The van der Waals surface area contributed by atoms with Gasteiger partial charge in [0.15, 0.2) is 0 Å². The van der Waals surface area contributed by atoms with Crippen molar-refractivity contribution in [2.75, 3.05) is 0 Å².